The number of likely N-dealkylation sites (tertiary alicyclic amines) is 1. The standard InChI is InChI=1S/C18H25NO/c1-5-18(20)15(4)19-10-8-16(9-11-19)17-7-6-13(2)12-14(17)3/h5-7,12,15-16H,1,8-11H2,2-4H3. The number of carbonyl (C=O) groups excluding carboxylic acids is 1. The van der Waals surface area contributed by atoms with Crippen molar-refractivity contribution in [1.29, 1.82) is 0 Å². The Morgan fingerprint density at radius 3 is 2.55 bits per heavy atom. The van der Waals surface area contributed by atoms with Crippen LogP contribution in [0.5, 0.6) is 0 Å². The highest BCUT2D eigenvalue weighted by Crippen LogP contribution is 2.31. The molecule has 2 rings (SSSR count). The molecule has 1 atom stereocenters. The van der Waals surface area contributed by atoms with Gasteiger partial charge in [0.2, 0.25) is 0 Å². The monoisotopic (exact) mass is 271 g/mol. The number of nitrogens with zero attached hydrogens (tertiary/aromatic N) is 1. The van der Waals surface area contributed by atoms with E-state index in [1.54, 1.807) is 0 Å². The van der Waals surface area contributed by atoms with E-state index < -0.39 is 0 Å². The topological polar surface area (TPSA) is 20.3 Å². The number of benzene rings is 1. The highest BCUT2D eigenvalue weighted by atomic mass is 16.1. The van der Waals surface area contributed by atoms with Crippen molar-refractivity contribution in [3.8, 4) is 0 Å². The van der Waals surface area contributed by atoms with E-state index in [2.05, 4.69) is 43.5 Å². The molecule has 1 aliphatic rings. The zero-order valence-corrected chi connectivity index (χ0v) is 12.9. The molecule has 0 aromatic heterocycles. The van der Waals surface area contributed by atoms with E-state index in [0.29, 0.717) is 5.92 Å². The highest BCUT2D eigenvalue weighted by Gasteiger charge is 2.26. The molecule has 1 aliphatic heterocycles. The van der Waals surface area contributed by atoms with Crippen molar-refractivity contribution in [1.82, 2.24) is 4.90 Å². The lowest BCUT2D eigenvalue weighted by atomic mass is 9.86. The summed E-state index contributed by atoms with van der Waals surface area (Å²) in [6.45, 7) is 11.9. The summed E-state index contributed by atoms with van der Waals surface area (Å²) in [6.07, 6.45) is 3.72. The van der Waals surface area contributed by atoms with Crippen LogP contribution in [0.1, 0.15) is 42.4 Å². The molecular weight excluding hydrogens is 246 g/mol. The summed E-state index contributed by atoms with van der Waals surface area (Å²) in [4.78, 5) is 14.0. The zero-order valence-electron chi connectivity index (χ0n) is 12.9. The number of carbonyl (C=O) groups is 1. The Hall–Kier alpha value is -1.41. The van der Waals surface area contributed by atoms with Gasteiger partial charge in [0.25, 0.3) is 0 Å². The average molecular weight is 271 g/mol. The minimum absolute atomic E-state index is 0.0208. The third kappa shape index (κ3) is 3.18. The molecule has 0 spiro atoms. The van der Waals surface area contributed by atoms with E-state index in [1.807, 2.05) is 6.92 Å². The molecule has 0 bridgehead atoms. The molecule has 0 amide bonds. The van der Waals surface area contributed by atoms with Crippen LogP contribution in [0.25, 0.3) is 0 Å². The maximum absolute atomic E-state index is 11.7. The second-order valence-corrected chi connectivity index (χ2v) is 5.95. The molecule has 0 aliphatic carbocycles. The first kappa shape index (κ1) is 15.0. The first-order valence-electron chi connectivity index (χ1n) is 7.50. The fourth-order valence-corrected chi connectivity index (χ4v) is 3.23. The summed E-state index contributed by atoms with van der Waals surface area (Å²) in [5, 5.41) is 0. The van der Waals surface area contributed by atoms with Crippen LogP contribution >= 0.6 is 0 Å². The second-order valence-electron chi connectivity index (χ2n) is 5.95. The van der Waals surface area contributed by atoms with Gasteiger partial charge < -0.3 is 0 Å². The Labute approximate surface area is 122 Å². The van der Waals surface area contributed by atoms with Crippen LogP contribution in [-0.2, 0) is 4.79 Å². The van der Waals surface area contributed by atoms with Crippen LogP contribution in [0.3, 0.4) is 0 Å². The summed E-state index contributed by atoms with van der Waals surface area (Å²) in [5.41, 5.74) is 4.21. The van der Waals surface area contributed by atoms with Gasteiger partial charge in [-0.2, -0.15) is 0 Å². The lowest BCUT2D eigenvalue weighted by molar-refractivity contribution is -0.119. The van der Waals surface area contributed by atoms with Gasteiger partial charge in [-0.3, -0.25) is 9.69 Å². The van der Waals surface area contributed by atoms with Crippen molar-refractivity contribution in [3.05, 3.63) is 47.5 Å². The molecule has 108 valence electrons. The minimum atomic E-state index is -0.0208. The summed E-state index contributed by atoms with van der Waals surface area (Å²) in [5.74, 6) is 0.771. The molecule has 1 aromatic carbocycles. The van der Waals surface area contributed by atoms with Gasteiger partial charge in [-0.15, -0.1) is 0 Å². The van der Waals surface area contributed by atoms with E-state index in [1.165, 1.54) is 22.8 Å². The van der Waals surface area contributed by atoms with Gasteiger partial charge in [-0.1, -0.05) is 30.3 Å². The van der Waals surface area contributed by atoms with Crippen molar-refractivity contribution in [2.75, 3.05) is 13.1 Å². The minimum Gasteiger partial charge on any atom is -0.293 e. The number of piperidine rings is 1. The normalized spacial score (nSPS) is 18.8. The lowest BCUT2D eigenvalue weighted by Gasteiger charge is -2.35. The Morgan fingerprint density at radius 2 is 2.00 bits per heavy atom. The van der Waals surface area contributed by atoms with Crippen LogP contribution in [0.2, 0.25) is 0 Å². The molecule has 0 saturated carbocycles. The maximum atomic E-state index is 11.7. The second kappa shape index (κ2) is 6.36. The van der Waals surface area contributed by atoms with Gasteiger partial charge in [0, 0.05) is 0 Å². The third-order valence-electron chi connectivity index (χ3n) is 4.56. The highest BCUT2D eigenvalue weighted by molar-refractivity contribution is 5.93. The number of hydrogen-bond donors (Lipinski definition) is 0. The quantitative estimate of drug-likeness (QED) is 0.779. The van der Waals surface area contributed by atoms with Gasteiger partial charge in [0.05, 0.1) is 6.04 Å². The van der Waals surface area contributed by atoms with E-state index >= 15 is 0 Å². The first-order chi connectivity index (χ1) is 9.52. The lowest BCUT2D eigenvalue weighted by Crippen LogP contribution is -2.43. The van der Waals surface area contributed by atoms with Crippen molar-refractivity contribution in [3.63, 3.8) is 0 Å². The van der Waals surface area contributed by atoms with E-state index in [-0.39, 0.29) is 11.8 Å². The molecule has 0 radical (unpaired) electrons. The summed E-state index contributed by atoms with van der Waals surface area (Å²) >= 11 is 0. The van der Waals surface area contributed by atoms with Gasteiger partial charge in [0.1, 0.15) is 0 Å². The molecule has 1 aromatic rings. The van der Waals surface area contributed by atoms with Crippen LogP contribution in [0.15, 0.2) is 30.9 Å². The molecule has 2 heteroatoms. The molecule has 1 saturated heterocycles. The molecule has 1 heterocycles. The molecule has 20 heavy (non-hydrogen) atoms. The van der Waals surface area contributed by atoms with Gasteiger partial charge in [-0.05, 0) is 69.8 Å². The fourth-order valence-electron chi connectivity index (χ4n) is 3.23. The van der Waals surface area contributed by atoms with Crippen LogP contribution in [0.4, 0.5) is 0 Å². The van der Waals surface area contributed by atoms with Crippen LogP contribution in [0, 0.1) is 13.8 Å². The average Bonchev–Trinajstić information content (AvgIpc) is 2.46. The Bertz CT molecular complexity index is 498. The van der Waals surface area contributed by atoms with Crippen LogP contribution in [-0.4, -0.2) is 29.8 Å². The Balaban J connectivity index is 2.00. The summed E-state index contributed by atoms with van der Waals surface area (Å²) in [7, 11) is 0. The van der Waals surface area contributed by atoms with E-state index in [0.717, 1.165) is 25.9 Å². The molecule has 1 fully saturated rings. The number of ketones is 1. The van der Waals surface area contributed by atoms with Crippen molar-refractivity contribution >= 4 is 5.78 Å². The van der Waals surface area contributed by atoms with E-state index in [9.17, 15) is 4.79 Å². The number of rotatable bonds is 4. The van der Waals surface area contributed by atoms with Gasteiger partial charge in [-0.25, -0.2) is 0 Å². The largest absolute Gasteiger partial charge is 0.293 e. The van der Waals surface area contributed by atoms with Crippen molar-refractivity contribution < 1.29 is 4.79 Å². The van der Waals surface area contributed by atoms with Crippen LogP contribution < -0.4 is 0 Å². The molecular formula is C18H25NO. The Kier molecular flexibility index (Phi) is 4.77. The predicted molar refractivity (Wildman–Crippen MR) is 84.1 cm³/mol. The molecule has 2 nitrogen and oxygen atoms in total. The fraction of sp³-hybridized carbons (Fsp3) is 0.500. The molecule has 1 unspecified atom stereocenters. The van der Waals surface area contributed by atoms with Gasteiger partial charge >= 0.3 is 0 Å². The van der Waals surface area contributed by atoms with Crippen molar-refractivity contribution in [2.24, 2.45) is 0 Å². The predicted octanol–water partition coefficient (Wildman–Crippen LogP) is 3.63. The smallest absolute Gasteiger partial charge is 0.171 e. The van der Waals surface area contributed by atoms with Crippen molar-refractivity contribution in [2.45, 2.75) is 45.6 Å². The summed E-state index contributed by atoms with van der Waals surface area (Å²) < 4.78 is 0. The maximum Gasteiger partial charge on any atom is 0.171 e. The number of hydrogen-bond acceptors (Lipinski definition) is 2. The zero-order chi connectivity index (χ0) is 14.7. The third-order valence-corrected chi connectivity index (χ3v) is 4.56. The van der Waals surface area contributed by atoms with E-state index in [4.69, 9.17) is 0 Å². The molecule has 0 N–H and O–H groups in total. The Morgan fingerprint density at radius 1 is 1.35 bits per heavy atom. The van der Waals surface area contributed by atoms with Gasteiger partial charge in [0.15, 0.2) is 5.78 Å². The number of aryl methyl sites for hydroxylation is 2. The first-order valence-corrected chi connectivity index (χ1v) is 7.50. The summed E-state index contributed by atoms with van der Waals surface area (Å²) in [6, 6.07) is 6.74. The SMILES string of the molecule is C=CC(=O)C(C)N1CCC(c2ccc(C)cc2C)CC1.